The van der Waals surface area contributed by atoms with Crippen LogP contribution in [0, 0.1) is 6.92 Å². The van der Waals surface area contributed by atoms with Crippen LogP contribution in [0.25, 0.3) is 11.1 Å². The summed E-state index contributed by atoms with van der Waals surface area (Å²) in [6, 6.07) is 0. The van der Waals surface area contributed by atoms with E-state index in [1.165, 1.54) is 0 Å². The highest BCUT2D eigenvalue weighted by molar-refractivity contribution is 5.81. The van der Waals surface area contributed by atoms with E-state index < -0.39 is 0 Å². The van der Waals surface area contributed by atoms with Gasteiger partial charge in [-0.15, -0.1) is 0 Å². The maximum Gasteiger partial charge on any atom is 0.137 e. The van der Waals surface area contributed by atoms with Crippen molar-refractivity contribution in [3.05, 3.63) is 18.2 Å². The van der Waals surface area contributed by atoms with Gasteiger partial charge in [0.15, 0.2) is 0 Å². The van der Waals surface area contributed by atoms with Crippen molar-refractivity contribution in [2.24, 2.45) is 7.05 Å². The highest BCUT2D eigenvalue weighted by Gasteiger charge is 2.11. The molecule has 0 aliphatic heterocycles. The molecule has 0 bridgehead atoms. The number of rotatable bonds is 1. The first-order chi connectivity index (χ1) is 7.08. The summed E-state index contributed by atoms with van der Waals surface area (Å²) in [6.07, 6.45) is 3.50. The molecule has 15 heavy (non-hydrogen) atoms. The minimum Gasteiger partial charge on any atom is -0.383 e. The summed E-state index contributed by atoms with van der Waals surface area (Å²) in [4.78, 5) is 8.14. The zero-order valence-corrected chi connectivity index (χ0v) is 8.60. The summed E-state index contributed by atoms with van der Waals surface area (Å²) in [5.41, 5.74) is 13.1. The highest BCUT2D eigenvalue weighted by Crippen LogP contribution is 2.28. The van der Waals surface area contributed by atoms with Gasteiger partial charge in [-0.25, -0.2) is 9.97 Å². The van der Waals surface area contributed by atoms with E-state index in [-0.39, 0.29) is 0 Å². The molecular formula is C9H12N6. The van der Waals surface area contributed by atoms with Crippen molar-refractivity contribution in [2.75, 3.05) is 11.5 Å². The summed E-state index contributed by atoms with van der Waals surface area (Å²) < 4.78 is 1.67. The molecule has 0 amide bonds. The van der Waals surface area contributed by atoms with Crippen LogP contribution >= 0.6 is 0 Å². The van der Waals surface area contributed by atoms with Crippen molar-refractivity contribution < 1.29 is 0 Å². The van der Waals surface area contributed by atoms with Gasteiger partial charge in [-0.05, 0) is 6.92 Å². The lowest BCUT2D eigenvalue weighted by Crippen LogP contribution is -2.04. The quantitative estimate of drug-likeness (QED) is 0.698. The summed E-state index contributed by atoms with van der Waals surface area (Å²) in [5, 5.41) is 4.05. The Labute approximate surface area is 86.9 Å². The van der Waals surface area contributed by atoms with Crippen LogP contribution in [0.5, 0.6) is 0 Å². The number of aromatic nitrogens is 4. The van der Waals surface area contributed by atoms with Gasteiger partial charge in [-0.1, -0.05) is 0 Å². The van der Waals surface area contributed by atoms with Gasteiger partial charge in [-0.2, -0.15) is 5.10 Å². The molecule has 6 nitrogen and oxygen atoms in total. The second-order valence-corrected chi connectivity index (χ2v) is 3.32. The number of anilines is 2. The van der Waals surface area contributed by atoms with Crippen LogP contribution in [0.2, 0.25) is 0 Å². The lowest BCUT2D eigenvalue weighted by Gasteiger charge is -2.06. The van der Waals surface area contributed by atoms with Crippen molar-refractivity contribution >= 4 is 11.6 Å². The molecule has 0 unspecified atom stereocenters. The zero-order chi connectivity index (χ0) is 11.0. The fraction of sp³-hybridized carbons (Fsp3) is 0.222. The van der Waals surface area contributed by atoms with Gasteiger partial charge in [0.1, 0.15) is 17.5 Å². The molecule has 0 saturated carbocycles. The second-order valence-electron chi connectivity index (χ2n) is 3.32. The van der Waals surface area contributed by atoms with E-state index in [1.54, 1.807) is 17.8 Å². The third-order valence-electron chi connectivity index (χ3n) is 2.07. The predicted molar refractivity (Wildman–Crippen MR) is 57.8 cm³/mol. The van der Waals surface area contributed by atoms with Gasteiger partial charge in [0.25, 0.3) is 0 Å². The average Bonchev–Trinajstić information content (AvgIpc) is 2.49. The molecule has 0 aromatic carbocycles. The Morgan fingerprint density at radius 3 is 2.27 bits per heavy atom. The highest BCUT2D eigenvalue weighted by atomic mass is 15.2. The first kappa shape index (κ1) is 9.45. The Morgan fingerprint density at radius 1 is 1.20 bits per heavy atom. The van der Waals surface area contributed by atoms with Crippen LogP contribution in [0.15, 0.2) is 12.4 Å². The summed E-state index contributed by atoms with van der Waals surface area (Å²) in [6.45, 7) is 1.75. The number of nitrogen functional groups attached to an aromatic ring is 2. The fourth-order valence-corrected chi connectivity index (χ4v) is 1.46. The van der Waals surface area contributed by atoms with Crippen LogP contribution in [0.4, 0.5) is 11.6 Å². The maximum absolute atomic E-state index is 5.80. The molecule has 6 heteroatoms. The molecule has 0 saturated heterocycles. The number of hydrogen-bond donors (Lipinski definition) is 2. The third kappa shape index (κ3) is 1.61. The van der Waals surface area contributed by atoms with Crippen molar-refractivity contribution in [3.8, 4) is 11.1 Å². The standard InChI is InChI=1S/C9H12N6/c1-5-13-8(10)7(9(11)14-5)6-3-12-15(2)4-6/h3-4H,1-2H3,(H4,10,11,13,14). The normalized spacial score (nSPS) is 10.5. The number of aryl methyl sites for hydroxylation is 2. The lowest BCUT2D eigenvalue weighted by atomic mass is 10.1. The topological polar surface area (TPSA) is 95.6 Å². The molecule has 0 spiro atoms. The molecular weight excluding hydrogens is 192 g/mol. The van der Waals surface area contributed by atoms with Crippen molar-refractivity contribution in [2.45, 2.75) is 6.92 Å². The first-order valence-electron chi connectivity index (χ1n) is 4.46. The van der Waals surface area contributed by atoms with Gasteiger partial charge in [0.05, 0.1) is 11.8 Å². The van der Waals surface area contributed by atoms with Crippen molar-refractivity contribution in [1.29, 1.82) is 0 Å². The Kier molecular flexibility index (Phi) is 2.03. The van der Waals surface area contributed by atoms with E-state index in [0.29, 0.717) is 23.0 Å². The average molecular weight is 204 g/mol. The molecule has 2 heterocycles. The van der Waals surface area contributed by atoms with E-state index in [9.17, 15) is 0 Å². The molecule has 0 fully saturated rings. The molecule has 4 N–H and O–H groups in total. The number of hydrogen-bond acceptors (Lipinski definition) is 5. The maximum atomic E-state index is 5.80. The first-order valence-corrected chi connectivity index (χ1v) is 4.46. The van der Waals surface area contributed by atoms with Gasteiger partial charge in [-0.3, -0.25) is 4.68 Å². The van der Waals surface area contributed by atoms with E-state index in [4.69, 9.17) is 11.5 Å². The Balaban J connectivity index is 2.62. The van der Waals surface area contributed by atoms with Crippen LogP contribution in [0.3, 0.4) is 0 Å². The molecule has 0 atom stereocenters. The summed E-state index contributed by atoms with van der Waals surface area (Å²) >= 11 is 0. The van der Waals surface area contributed by atoms with Crippen molar-refractivity contribution in [3.63, 3.8) is 0 Å². The van der Waals surface area contributed by atoms with Crippen LogP contribution in [-0.4, -0.2) is 19.7 Å². The molecule has 2 aromatic heterocycles. The molecule has 0 aliphatic rings. The zero-order valence-electron chi connectivity index (χ0n) is 8.60. The van der Waals surface area contributed by atoms with E-state index in [1.807, 2.05) is 13.2 Å². The second kappa shape index (κ2) is 3.23. The smallest absolute Gasteiger partial charge is 0.137 e. The lowest BCUT2D eigenvalue weighted by molar-refractivity contribution is 0.768. The minimum absolute atomic E-state index is 0.382. The van der Waals surface area contributed by atoms with Gasteiger partial charge < -0.3 is 11.5 Å². The van der Waals surface area contributed by atoms with Crippen molar-refractivity contribution in [1.82, 2.24) is 19.7 Å². The monoisotopic (exact) mass is 204 g/mol. The van der Waals surface area contributed by atoms with Gasteiger partial charge in [0.2, 0.25) is 0 Å². The van der Waals surface area contributed by atoms with E-state index >= 15 is 0 Å². The molecule has 2 rings (SSSR count). The largest absolute Gasteiger partial charge is 0.383 e. The predicted octanol–water partition coefficient (Wildman–Crippen LogP) is 0.350. The Hall–Kier alpha value is -2.11. The third-order valence-corrected chi connectivity index (χ3v) is 2.07. The van der Waals surface area contributed by atoms with E-state index in [2.05, 4.69) is 15.1 Å². The summed E-state index contributed by atoms with van der Waals surface area (Å²) in [5.74, 6) is 1.33. The van der Waals surface area contributed by atoms with Crippen LogP contribution in [0.1, 0.15) is 5.82 Å². The fourth-order valence-electron chi connectivity index (χ4n) is 1.46. The molecule has 78 valence electrons. The Morgan fingerprint density at radius 2 is 1.80 bits per heavy atom. The molecule has 0 aliphatic carbocycles. The minimum atomic E-state index is 0.382. The SMILES string of the molecule is Cc1nc(N)c(-c2cnn(C)c2)c(N)n1. The number of nitrogens with zero attached hydrogens (tertiary/aromatic N) is 4. The Bertz CT molecular complexity index is 478. The van der Waals surface area contributed by atoms with Gasteiger partial charge >= 0.3 is 0 Å². The van der Waals surface area contributed by atoms with E-state index in [0.717, 1.165) is 5.56 Å². The van der Waals surface area contributed by atoms with Gasteiger partial charge in [0, 0.05) is 18.8 Å². The van der Waals surface area contributed by atoms with Crippen LogP contribution < -0.4 is 11.5 Å². The molecule has 0 radical (unpaired) electrons. The summed E-state index contributed by atoms with van der Waals surface area (Å²) in [7, 11) is 1.82. The number of nitrogens with two attached hydrogens (primary N) is 2. The molecule has 2 aromatic rings. The van der Waals surface area contributed by atoms with Crippen LogP contribution in [-0.2, 0) is 7.05 Å².